The maximum Gasteiger partial charge on any atom is 0.408 e. The summed E-state index contributed by atoms with van der Waals surface area (Å²) in [6.07, 6.45) is -5.47. The van der Waals surface area contributed by atoms with Crippen molar-refractivity contribution in [3.63, 3.8) is 0 Å². The SMILES string of the molecule is CC1(NC(=O)O[C@H]2CO[C@@H](c3cc(Nc4nccn5nc(CC(F)(F)F)cc45)n[nH]3)[C@@H]2F)CC1. The fourth-order valence-electron chi connectivity index (χ4n) is 3.69. The zero-order chi connectivity index (χ0) is 24.1. The summed E-state index contributed by atoms with van der Waals surface area (Å²) < 4.78 is 65.0. The number of aromatic nitrogens is 5. The van der Waals surface area contributed by atoms with Crippen molar-refractivity contribution in [2.45, 2.75) is 56.3 Å². The van der Waals surface area contributed by atoms with E-state index >= 15 is 0 Å². The van der Waals surface area contributed by atoms with Crippen LogP contribution < -0.4 is 10.6 Å². The van der Waals surface area contributed by atoms with E-state index in [4.69, 9.17) is 9.47 Å². The first-order valence-electron chi connectivity index (χ1n) is 10.6. The van der Waals surface area contributed by atoms with Gasteiger partial charge in [-0.3, -0.25) is 5.10 Å². The molecule has 3 aromatic rings. The largest absolute Gasteiger partial charge is 0.441 e. The minimum absolute atomic E-state index is 0.115. The standard InChI is InChI=1S/C20H21F4N7O3/c1-19(2-3-19)27-18(32)34-13-9-33-16(15(13)21)11-7-14(29-28-11)26-17-12-6-10(8-20(22,23)24)30-31(12)5-4-25-17/h4-7,13,15-16H,2-3,8-9H2,1H3,(H,27,32)(H2,25,26,28,29)/t13-,15+,16-/m0/s1. The van der Waals surface area contributed by atoms with Crippen LogP contribution in [0.25, 0.3) is 5.52 Å². The summed E-state index contributed by atoms with van der Waals surface area (Å²) in [4.78, 5) is 16.1. The molecule has 182 valence electrons. The number of H-pyrrole nitrogens is 1. The molecule has 1 saturated heterocycles. The van der Waals surface area contributed by atoms with Crippen molar-refractivity contribution in [1.82, 2.24) is 30.1 Å². The molecule has 0 spiro atoms. The molecule has 1 aliphatic heterocycles. The summed E-state index contributed by atoms with van der Waals surface area (Å²) in [5.41, 5.74) is 0.173. The van der Waals surface area contributed by atoms with Crippen molar-refractivity contribution in [2.24, 2.45) is 0 Å². The number of nitrogens with one attached hydrogen (secondary N) is 3. The van der Waals surface area contributed by atoms with Crippen LogP contribution in [-0.2, 0) is 15.9 Å². The number of alkyl halides is 4. The first-order chi connectivity index (χ1) is 16.1. The van der Waals surface area contributed by atoms with Gasteiger partial charge in [0.2, 0.25) is 0 Å². The van der Waals surface area contributed by atoms with E-state index in [1.54, 1.807) is 0 Å². The first-order valence-corrected chi connectivity index (χ1v) is 10.6. The molecule has 3 aromatic heterocycles. The van der Waals surface area contributed by atoms with E-state index in [0.29, 0.717) is 11.2 Å². The number of aromatic amines is 1. The number of fused-ring (bicyclic) bond motifs is 1. The summed E-state index contributed by atoms with van der Waals surface area (Å²) >= 11 is 0. The zero-order valence-corrected chi connectivity index (χ0v) is 17.9. The average Bonchev–Trinajstić information content (AvgIpc) is 3.10. The Balaban J connectivity index is 1.25. The second kappa shape index (κ2) is 8.11. The Hall–Kier alpha value is -3.42. The van der Waals surface area contributed by atoms with Crippen LogP contribution >= 0.6 is 0 Å². The number of hydrogen-bond acceptors (Lipinski definition) is 7. The lowest BCUT2D eigenvalue weighted by Gasteiger charge is -2.17. The van der Waals surface area contributed by atoms with Gasteiger partial charge in [0, 0.05) is 24.0 Å². The Kier molecular flexibility index (Phi) is 5.34. The predicted molar refractivity (Wildman–Crippen MR) is 109 cm³/mol. The Morgan fingerprint density at radius 1 is 1.38 bits per heavy atom. The van der Waals surface area contributed by atoms with Crippen molar-refractivity contribution in [3.8, 4) is 0 Å². The number of hydrogen-bond donors (Lipinski definition) is 3. The molecule has 0 aromatic carbocycles. The van der Waals surface area contributed by atoms with E-state index in [0.717, 1.165) is 12.8 Å². The zero-order valence-electron chi connectivity index (χ0n) is 17.9. The molecule has 2 aliphatic rings. The molecule has 34 heavy (non-hydrogen) atoms. The van der Waals surface area contributed by atoms with Gasteiger partial charge in [-0.05, 0) is 25.8 Å². The molecule has 1 amide bonds. The van der Waals surface area contributed by atoms with Gasteiger partial charge in [0.1, 0.15) is 11.6 Å². The van der Waals surface area contributed by atoms with Crippen molar-refractivity contribution in [1.29, 1.82) is 0 Å². The van der Waals surface area contributed by atoms with Gasteiger partial charge in [0.05, 0.1) is 24.4 Å². The van der Waals surface area contributed by atoms with Crippen LogP contribution in [0.15, 0.2) is 24.5 Å². The van der Waals surface area contributed by atoms with E-state index < -0.39 is 37.1 Å². The van der Waals surface area contributed by atoms with Crippen LogP contribution in [0.2, 0.25) is 0 Å². The summed E-state index contributed by atoms with van der Waals surface area (Å²) in [6, 6.07) is 2.77. The van der Waals surface area contributed by atoms with E-state index in [2.05, 4.69) is 30.9 Å². The van der Waals surface area contributed by atoms with Gasteiger partial charge >= 0.3 is 12.3 Å². The second-order valence-corrected chi connectivity index (χ2v) is 8.69. The van der Waals surface area contributed by atoms with E-state index in [1.165, 1.54) is 29.0 Å². The fourth-order valence-corrected chi connectivity index (χ4v) is 3.69. The summed E-state index contributed by atoms with van der Waals surface area (Å²) in [5.74, 6) is 0.464. The Morgan fingerprint density at radius 2 is 2.18 bits per heavy atom. The third-order valence-electron chi connectivity index (χ3n) is 5.72. The number of ether oxygens (including phenoxy) is 2. The third kappa shape index (κ3) is 4.76. The predicted octanol–water partition coefficient (Wildman–Crippen LogP) is 3.36. The lowest BCUT2D eigenvalue weighted by molar-refractivity contribution is -0.127. The number of amides is 1. The lowest BCUT2D eigenvalue weighted by atomic mass is 10.1. The van der Waals surface area contributed by atoms with Crippen LogP contribution in [0, 0.1) is 0 Å². The van der Waals surface area contributed by atoms with Gasteiger partial charge in [-0.1, -0.05) is 0 Å². The molecule has 0 bridgehead atoms. The molecule has 10 nitrogen and oxygen atoms in total. The van der Waals surface area contributed by atoms with Crippen LogP contribution in [0.3, 0.4) is 0 Å². The molecule has 0 unspecified atom stereocenters. The highest BCUT2D eigenvalue weighted by Crippen LogP contribution is 2.36. The van der Waals surface area contributed by atoms with Gasteiger partial charge in [-0.25, -0.2) is 18.7 Å². The van der Waals surface area contributed by atoms with E-state index in [-0.39, 0.29) is 29.5 Å². The summed E-state index contributed by atoms with van der Waals surface area (Å²) in [6.45, 7) is 1.77. The highest BCUT2D eigenvalue weighted by atomic mass is 19.4. The highest BCUT2D eigenvalue weighted by Gasteiger charge is 2.44. The van der Waals surface area contributed by atoms with Gasteiger partial charge in [-0.15, -0.1) is 0 Å². The molecule has 3 N–H and O–H groups in total. The quantitative estimate of drug-likeness (QED) is 0.460. The molecular formula is C20H21F4N7O3. The lowest BCUT2D eigenvalue weighted by Crippen LogP contribution is -2.39. The fraction of sp³-hybridized carbons (Fsp3) is 0.500. The smallest absolute Gasteiger partial charge is 0.408 e. The van der Waals surface area contributed by atoms with Crippen LogP contribution in [0.1, 0.15) is 37.3 Å². The number of rotatable bonds is 6. The molecular weight excluding hydrogens is 462 g/mol. The Morgan fingerprint density at radius 3 is 2.91 bits per heavy atom. The van der Waals surface area contributed by atoms with Crippen molar-refractivity contribution in [2.75, 3.05) is 11.9 Å². The molecule has 4 heterocycles. The van der Waals surface area contributed by atoms with Gasteiger partial charge in [-0.2, -0.15) is 23.4 Å². The third-order valence-corrected chi connectivity index (χ3v) is 5.72. The molecule has 3 atom stereocenters. The molecule has 5 rings (SSSR count). The molecule has 0 radical (unpaired) electrons. The van der Waals surface area contributed by atoms with Crippen LogP contribution in [0.4, 0.5) is 34.0 Å². The first kappa shape index (κ1) is 22.4. The summed E-state index contributed by atoms with van der Waals surface area (Å²) in [7, 11) is 0. The molecule has 2 fully saturated rings. The van der Waals surface area contributed by atoms with Gasteiger partial charge < -0.3 is 20.1 Å². The maximum atomic E-state index is 14.9. The molecule has 14 heteroatoms. The number of anilines is 2. The second-order valence-electron chi connectivity index (χ2n) is 8.69. The highest BCUT2D eigenvalue weighted by molar-refractivity contribution is 5.72. The van der Waals surface area contributed by atoms with Crippen molar-refractivity contribution in [3.05, 3.63) is 35.9 Å². The number of alkyl carbamates (subject to hydrolysis) is 1. The average molecular weight is 483 g/mol. The Labute approximate surface area is 190 Å². The van der Waals surface area contributed by atoms with Crippen molar-refractivity contribution >= 4 is 23.2 Å². The van der Waals surface area contributed by atoms with Crippen LogP contribution in [-0.4, -0.2) is 61.5 Å². The Bertz CT molecular complexity index is 1210. The van der Waals surface area contributed by atoms with E-state index in [1.807, 2.05) is 6.92 Å². The minimum atomic E-state index is -4.39. The number of carbonyl (C=O) groups excluding carboxylic acids is 1. The van der Waals surface area contributed by atoms with Crippen LogP contribution in [0.5, 0.6) is 0 Å². The van der Waals surface area contributed by atoms with Gasteiger partial charge in [0.15, 0.2) is 23.9 Å². The number of halogens is 4. The summed E-state index contributed by atoms with van der Waals surface area (Å²) in [5, 5.41) is 16.2. The van der Waals surface area contributed by atoms with Crippen molar-refractivity contribution < 1.29 is 31.8 Å². The van der Waals surface area contributed by atoms with E-state index in [9.17, 15) is 22.4 Å². The minimum Gasteiger partial charge on any atom is -0.441 e. The number of nitrogens with zero attached hydrogens (tertiary/aromatic N) is 4. The number of carbonyl (C=O) groups is 1. The molecule has 1 aliphatic carbocycles. The monoisotopic (exact) mass is 483 g/mol. The topological polar surface area (TPSA) is 118 Å². The maximum absolute atomic E-state index is 14.9. The normalized spacial score (nSPS) is 23.7. The van der Waals surface area contributed by atoms with Gasteiger partial charge in [0.25, 0.3) is 0 Å². The molecule has 1 saturated carbocycles.